The molecule has 1 aromatic rings. The minimum atomic E-state index is -0.520. The quantitative estimate of drug-likeness (QED) is 0.758. The lowest BCUT2D eigenvalue weighted by molar-refractivity contribution is -0.129. The van der Waals surface area contributed by atoms with Gasteiger partial charge in [-0.15, -0.1) is 0 Å². The Kier molecular flexibility index (Phi) is 6.14. The molecule has 1 N–H and O–H groups in total. The number of hydrogen-bond acceptors (Lipinski definition) is 4. The SMILES string of the molecule is CC[C@@H]1Oc2ccc(C)cc2N(CC(=O)NCCCN2CCCC2)C1=O. The summed E-state index contributed by atoms with van der Waals surface area (Å²) in [6, 6.07) is 5.73. The summed E-state index contributed by atoms with van der Waals surface area (Å²) in [6.07, 6.45) is 3.57. The third-order valence-corrected chi connectivity index (χ3v) is 5.06. The summed E-state index contributed by atoms with van der Waals surface area (Å²) in [4.78, 5) is 29.1. The molecule has 0 bridgehead atoms. The number of likely N-dealkylation sites (tertiary alicyclic amines) is 1. The van der Waals surface area contributed by atoms with E-state index in [1.807, 2.05) is 32.0 Å². The van der Waals surface area contributed by atoms with Gasteiger partial charge in [0.25, 0.3) is 5.91 Å². The second-order valence-electron chi connectivity index (χ2n) is 7.16. The standard InChI is InChI=1S/C20H29N3O3/c1-3-17-20(25)23(16-13-15(2)7-8-18(16)26-17)14-19(24)21-9-6-12-22-10-4-5-11-22/h7-8,13,17H,3-6,9-12,14H2,1-2H3,(H,21,24)/t17-/m0/s1. The van der Waals surface area contributed by atoms with Crippen molar-refractivity contribution in [1.82, 2.24) is 10.2 Å². The van der Waals surface area contributed by atoms with E-state index < -0.39 is 6.10 Å². The summed E-state index contributed by atoms with van der Waals surface area (Å²) < 4.78 is 5.79. The van der Waals surface area contributed by atoms with Crippen LogP contribution in [0.15, 0.2) is 18.2 Å². The Bertz CT molecular complexity index is 656. The van der Waals surface area contributed by atoms with E-state index in [-0.39, 0.29) is 18.4 Å². The maximum Gasteiger partial charge on any atom is 0.268 e. The molecule has 1 aromatic carbocycles. The number of carbonyl (C=O) groups is 2. The van der Waals surface area contributed by atoms with Crippen molar-refractivity contribution < 1.29 is 14.3 Å². The number of rotatable bonds is 7. The van der Waals surface area contributed by atoms with Crippen LogP contribution in [-0.2, 0) is 9.59 Å². The van der Waals surface area contributed by atoms with Gasteiger partial charge in [0, 0.05) is 6.54 Å². The van der Waals surface area contributed by atoms with E-state index in [1.165, 1.54) is 25.9 Å². The van der Waals surface area contributed by atoms with Crippen LogP contribution in [0.5, 0.6) is 5.75 Å². The first-order valence-corrected chi connectivity index (χ1v) is 9.66. The second-order valence-corrected chi connectivity index (χ2v) is 7.16. The van der Waals surface area contributed by atoms with E-state index in [4.69, 9.17) is 4.74 Å². The lowest BCUT2D eigenvalue weighted by Gasteiger charge is -2.34. The fourth-order valence-corrected chi connectivity index (χ4v) is 3.59. The monoisotopic (exact) mass is 359 g/mol. The highest BCUT2D eigenvalue weighted by atomic mass is 16.5. The Morgan fingerprint density at radius 2 is 2.08 bits per heavy atom. The first-order valence-electron chi connectivity index (χ1n) is 9.66. The number of ether oxygens (including phenoxy) is 1. The third kappa shape index (κ3) is 4.36. The number of nitrogens with one attached hydrogen (secondary N) is 1. The van der Waals surface area contributed by atoms with Crippen LogP contribution >= 0.6 is 0 Å². The molecule has 1 saturated heterocycles. The van der Waals surface area contributed by atoms with Crippen LogP contribution in [0.3, 0.4) is 0 Å². The normalized spacial score (nSPS) is 20.0. The van der Waals surface area contributed by atoms with Gasteiger partial charge < -0.3 is 15.0 Å². The molecule has 0 spiro atoms. The number of fused-ring (bicyclic) bond motifs is 1. The largest absolute Gasteiger partial charge is 0.478 e. The van der Waals surface area contributed by atoms with Crippen molar-refractivity contribution in [2.75, 3.05) is 37.6 Å². The zero-order chi connectivity index (χ0) is 18.5. The summed E-state index contributed by atoms with van der Waals surface area (Å²) in [7, 11) is 0. The van der Waals surface area contributed by atoms with E-state index in [1.54, 1.807) is 4.90 Å². The van der Waals surface area contributed by atoms with Crippen LogP contribution < -0.4 is 15.0 Å². The van der Waals surface area contributed by atoms with Gasteiger partial charge in [-0.1, -0.05) is 13.0 Å². The highest BCUT2D eigenvalue weighted by Gasteiger charge is 2.34. The van der Waals surface area contributed by atoms with Crippen LogP contribution in [0, 0.1) is 6.92 Å². The first kappa shape index (κ1) is 18.7. The van der Waals surface area contributed by atoms with E-state index in [0.29, 0.717) is 24.4 Å². The molecule has 2 aliphatic rings. The van der Waals surface area contributed by atoms with Crippen LogP contribution in [0.4, 0.5) is 5.69 Å². The van der Waals surface area contributed by atoms with Gasteiger partial charge in [0.05, 0.1) is 5.69 Å². The van der Waals surface area contributed by atoms with E-state index >= 15 is 0 Å². The van der Waals surface area contributed by atoms with Crippen molar-refractivity contribution in [3.8, 4) is 5.75 Å². The Balaban J connectivity index is 1.57. The predicted octanol–water partition coefficient (Wildman–Crippen LogP) is 2.10. The number of nitrogens with zero attached hydrogens (tertiary/aromatic N) is 2. The van der Waals surface area contributed by atoms with E-state index in [0.717, 1.165) is 18.5 Å². The van der Waals surface area contributed by atoms with Crippen LogP contribution in [0.2, 0.25) is 0 Å². The molecule has 2 aliphatic heterocycles. The van der Waals surface area contributed by atoms with Crippen molar-refractivity contribution in [2.24, 2.45) is 0 Å². The van der Waals surface area contributed by atoms with Gasteiger partial charge in [0.2, 0.25) is 5.91 Å². The Morgan fingerprint density at radius 1 is 1.31 bits per heavy atom. The average molecular weight is 359 g/mol. The van der Waals surface area contributed by atoms with Crippen LogP contribution in [0.1, 0.15) is 38.2 Å². The average Bonchev–Trinajstić information content (AvgIpc) is 3.14. The lowest BCUT2D eigenvalue weighted by atomic mass is 10.1. The molecular formula is C20H29N3O3. The van der Waals surface area contributed by atoms with Gasteiger partial charge in [0.1, 0.15) is 12.3 Å². The maximum absolute atomic E-state index is 12.7. The molecule has 6 heteroatoms. The molecule has 26 heavy (non-hydrogen) atoms. The van der Waals surface area contributed by atoms with Crippen molar-refractivity contribution in [3.63, 3.8) is 0 Å². The molecule has 3 rings (SSSR count). The summed E-state index contributed by atoms with van der Waals surface area (Å²) in [5, 5.41) is 2.95. The van der Waals surface area contributed by atoms with Crippen LogP contribution in [0.25, 0.3) is 0 Å². The van der Waals surface area contributed by atoms with Gasteiger partial charge in [-0.25, -0.2) is 0 Å². The molecule has 2 amide bonds. The van der Waals surface area contributed by atoms with Gasteiger partial charge in [-0.05, 0) is 69.9 Å². The lowest BCUT2D eigenvalue weighted by Crippen LogP contribution is -2.49. The van der Waals surface area contributed by atoms with Gasteiger partial charge in [-0.2, -0.15) is 0 Å². The first-order chi connectivity index (χ1) is 12.6. The minimum Gasteiger partial charge on any atom is -0.478 e. The number of amides is 2. The Hall–Kier alpha value is -2.08. The van der Waals surface area contributed by atoms with Gasteiger partial charge in [0.15, 0.2) is 6.10 Å². The molecule has 0 unspecified atom stereocenters. The van der Waals surface area contributed by atoms with E-state index in [9.17, 15) is 9.59 Å². The number of anilines is 1. The van der Waals surface area contributed by atoms with Crippen molar-refractivity contribution in [1.29, 1.82) is 0 Å². The Labute approximate surface area is 155 Å². The highest BCUT2D eigenvalue weighted by Crippen LogP contribution is 2.35. The zero-order valence-electron chi connectivity index (χ0n) is 15.8. The zero-order valence-corrected chi connectivity index (χ0v) is 15.8. The summed E-state index contributed by atoms with van der Waals surface area (Å²) in [6.45, 7) is 7.93. The number of aryl methyl sites for hydroxylation is 1. The number of hydrogen-bond donors (Lipinski definition) is 1. The second kappa shape index (κ2) is 8.54. The summed E-state index contributed by atoms with van der Waals surface area (Å²) in [5.74, 6) is 0.408. The molecule has 0 radical (unpaired) electrons. The fourth-order valence-electron chi connectivity index (χ4n) is 3.59. The maximum atomic E-state index is 12.7. The molecule has 0 saturated carbocycles. The molecule has 0 aromatic heterocycles. The van der Waals surface area contributed by atoms with Crippen molar-refractivity contribution >= 4 is 17.5 Å². The summed E-state index contributed by atoms with van der Waals surface area (Å²) in [5.41, 5.74) is 1.72. The van der Waals surface area contributed by atoms with Gasteiger partial charge in [-0.3, -0.25) is 14.5 Å². The molecule has 2 heterocycles. The van der Waals surface area contributed by atoms with Gasteiger partial charge >= 0.3 is 0 Å². The smallest absolute Gasteiger partial charge is 0.268 e. The predicted molar refractivity (Wildman–Crippen MR) is 102 cm³/mol. The molecule has 1 atom stereocenters. The van der Waals surface area contributed by atoms with Crippen molar-refractivity contribution in [3.05, 3.63) is 23.8 Å². The Morgan fingerprint density at radius 3 is 2.81 bits per heavy atom. The highest BCUT2D eigenvalue weighted by molar-refractivity contribution is 6.03. The topological polar surface area (TPSA) is 61.9 Å². The van der Waals surface area contributed by atoms with Crippen LogP contribution in [-0.4, -0.2) is 55.5 Å². The summed E-state index contributed by atoms with van der Waals surface area (Å²) >= 11 is 0. The third-order valence-electron chi connectivity index (χ3n) is 5.06. The minimum absolute atomic E-state index is 0.0405. The molecular weight excluding hydrogens is 330 g/mol. The number of benzene rings is 1. The van der Waals surface area contributed by atoms with Crippen molar-refractivity contribution in [2.45, 2.75) is 45.6 Å². The molecule has 0 aliphatic carbocycles. The molecule has 142 valence electrons. The fraction of sp³-hybridized carbons (Fsp3) is 0.600. The molecule has 6 nitrogen and oxygen atoms in total. The number of carbonyl (C=O) groups excluding carboxylic acids is 2. The van der Waals surface area contributed by atoms with E-state index in [2.05, 4.69) is 10.2 Å². The molecule has 1 fully saturated rings.